The standard InChI is InChI=1S/C45H76O10/c1-3-5-7-9-11-13-15-16-17-18-19-20-21-22-24-26-28-30-32-34-41(48)54-38(37-53-45-44(51)43(50)42(49)39(35-46)55-45)36-52-40(47)33-31-29-27-25-23-14-12-10-8-6-4-2/h5,7,10-13,16-17,19-20,38-39,42-46,49-51H,3-4,6,8-9,14-15,18,21-37H2,1-2H3/b7-5-,12-10-,13-11-,17-16-,20-19-. The monoisotopic (exact) mass is 777 g/mol. The number of aliphatic hydroxyl groups excluding tert-OH is 4. The summed E-state index contributed by atoms with van der Waals surface area (Å²) in [5.74, 6) is -0.840. The fourth-order valence-electron chi connectivity index (χ4n) is 5.98. The molecule has 1 saturated heterocycles. The quantitative estimate of drug-likeness (QED) is 0.0284. The van der Waals surface area contributed by atoms with Crippen LogP contribution in [0.15, 0.2) is 60.8 Å². The maximum absolute atomic E-state index is 12.7. The number of hydrogen-bond acceptors (Lipinski definition) is 10. The molecule has 0 spiro atoms. The van der Waals surface area contributed by atoms with Crippen LogP contribution in [0.3, 0.4) is 0 Å². The number of hydrogen-bond donors (Lipinski definition) is 4. The summed E-state index contributed by atoms with van der Waals surface area (Å²) in [6.45, 7) is 3.23. The molecule has 1 fully saturated rings. The minimum atomic E-state index is -1.60. The normalized spacial score (nSPS) is 21.2. The summed E-state index contributed by atoms with van der Waals surface area (Å²) in [6, 6.07) is 0. The van der Waals surface area contributed by atoms with Crippen LogP contribution in [0.2, 0.25) is 0 Å². The molecule has 0 radical (unpaired) electrons. The van der Waals surface area contributed by atoms with E-state index in [4.69, 9.17) is 18.9 Å². The molecule has 1 aliphatic heterocycles. The summed E-state index contributed by atoms with van der Waals surface area (Å²) in [5.41, 5.74) is 0. The van der Waals surface area contributed by atoms with Gasteiger partial charge in [0, 0.05) is 12.8 Å². The Bertz CT molecular complexity index is 1080. The molecule has 0 aromatic heterocycles. The van der Waals surface area contributed by atoms with E-state index in [1.165, 1.54) is 12.8 Å². The van der Waals surface area contributed by atoms with Gasteiger partial charge in [0.25, 0.3) is 0 Å². The van der Waals surface area contributed by atoms with Crippen molar-refractivity contribution in [2.45, 2.75) is 192 Å². The smallest absolute Gasteiger partial charge is 0.306 e. The lowest BCUT2D eigenvalue weighted by Gasteiger charge is -2.39. The van der Waals surface area contributed by atoms with Crippen LogP contribution < -0.4 is 0 Å². The van der Waals surface area contributed by atoms with E-state index in [1.807, 2.05) is 0 Å². The Labute approximate surface area is 332 Å². The first-order chi connectivity index (χ1) is 26.8. The summed E-state index contributed by atoms with van der Waals surface area (Å²) in [7, 11) is 0. The molecule has 6 atom stereocenters. The van der Waals surface area contributed by atoms with Crippen molar-refractivity contribution in [3.05, 3.63) is 60.8 Å². The number of carbonyl (C=O) groups is 2. The van der Waals surface area contributed by atoms with Gasteiger partial charge in [0.05, 0.1) is 13.2 Å². The average Bonchev–Trinajstić information content (AvgIpc) is 3.18. The summed E-state index contributed by atoms with van der Waals surface area (Å²) < 4.78 is 22.1. The predicted octanol–water partition coefficient (Wildman–Crippen LogP) is 8.66. The van der Waals surface area contributed by atoms with Crippen LogP contribution in [0.4, 0.5) is 0 Å². The van der Waals surface area contributed by atoms with E-state index in [9.17, 15) is 30.0 Å². The van der Waals surface area contributed by atoms with Crippen molar-refractivity contribution in [1.82, 2.24) is 0 Å². The Morgan fingerprint density at radius 2 is 1.07 bits per heavy atom. The molecule has 0 amide bonds. The Kier molecular flexibility index (Phi) is 32.8. The number of rotatable bonds is 34. The first kappa shape index (κ1) is 50.4. The Morgan fingerprint density at radius 1 is 0.582 bits per heavy atom. The molecule has 10 nitrogen and oxygen atoms in total. The minimum Gasteiger partial charge on any atom is -0.462 e. The first-order valence-electron chi connectivity index (χ1n) is 21.4. The molecule has 0 aliphatic carbocycles. The van der Waals surface area contributed by atoms with Gasteiger partial charge in [0.1, 0.15) is 31.0 Å². The molecule has 0 saturated carbocycles. The largest absolute Gasteiger partial charge is 0.462 e. The van der Waals surface area contributed by atoms with Gasteiger partial charge in [-0.05, 0) is 70.6 Å². The van der Waals surface area contributed by atoms with Gasteiger partial charge in [0.2, 0.25) is 0 Å². The summed E-state index contributed by atoms with van der Waals surface area (Å²) in [6.07, 6.45) is 35.1. The van der Waals surface area contributed by atoms with Crippen molar-refractivity contribution in [2.24, 2.45) is 0 Å². The van der Waals surface area contributed by atoms with E-state index >= 15 is 0 Å². The Morgan fingerprint density at radius 3 is 1.64 bits per heavy atom. The van der Waals surface area contributed by atoms with Crippen molar-refractivity contribution in [2.75, 3.05) is 19.8 Å². The molecule has 0 aromatic rings. The van der Waals surface area contributed by atoms with Gasteiger partial charge in [0.15, 0.2) is 12.4 Å². The maximum Gasteiger partial charge on any atom is 0.306 e. The SMILES string of the molecule is CC/C=C\C/C=C\C/C=C\C/C=C\CCCCCCCCC(=O)OC(COC(=O)CCCCCCC/C=C\CCCC)COC1OC(CO)C(O)C(O)C1O. The second kappa shape index (κ2) is 35.8. The van der Waals surface area contributed by atoms with Crippen molar-refractivity contribution in [1.29, 1.82) is 0 Å². The average molecular weight is 777 g/mol. The molecule has 6 unspecified atom stereocenters. The molecular formula is C45H76O10. The fourth-order valence-corrected chi connectivity index (χ4v) is 5.98. The van der Waals surface area contributed by atoms with Crippen molar-refractivity contribution >= 4 is 11.9 Å². The van der Waals surface area contributed by atoms with E-state index < -0.39 is 55.4 Å². The van der Waals surface area contributed by atoms with Crippen LogP contribution in [0, 0.1) is 0 Å². The number of allylic oxidation sites excluding steroid dienone is 10. The first-order valence-corrected chi connectivity index (χ1v) is 21.4. The van der Waals surface area contributed by atoms with Gasteiger partial charge in [-0.3, -0.25) is 9.59 Å². The number of aliphatic hydroxyl groups is 4. The molecule has 1 aliphatic rings. The topological polar surface area (TPSA) is 152 Å². The van der Waals surface area contributed by atoms with Crippen LogP contribution in [-0.2, 0) is 28.5 Å². The number of ether oxygens (including phenoxy) is 4. The number of unbranched alkanes of at least 4 members (excludes halogenated alkanes) is 13. The van der Waals surface area contributed by atoms with Gasteiger partial charge in [-0.1, -0.05) is 132 Å². The van der Waals surface area contributed by atoms with Crippen molar-refractivity contribution in [3.8, 4) is 0 Å². The van der Waals surface area contributed by atoms with Crippen LogP contribution in [0.5, 0.6) is 0 Å². The highest BCUT2D eigenvalue weighted by Gasteiger charge is 2.44. The van der Waals surface area contributed by atoms with E-state index in [2.05, 4.69) is 74.6 Å². The zero-order valence-corrected chi connectivity index (χ0v) is 34.2. The van der Waals surface area contributed by atoms with Gasteiger partial charge in [-0.2, -0.15) is 0 Å². The summed E-state index contributed by atoms with van der Waals surface area (Å²) in [4.78, 5) is 25.2. The van der Waals surface area contributed by atoms with E-state index in [-0.39, 0.29) is 26.1 Å². The number of esters is 2. The molecule has 316 valence electrons. The highest BCUT2D eigenvalue weighted by Crippen LogP contribution is 2.22. The van der Waals surface area contributed by atoms with Gasteiger partial charge in [-0.25, -0.2) is 0 Å². The second-order valence-electron chi connectivity index (χ2n) is 14.4. The van der Waals surface area contributed by atoms with Gasteiger partial charge in [-0.15, -0.1) is 0 Å². The maximum atomic E-state index is 12.7. The summed E-state index contributed by atoms with van der Waals surface area (Å²) >= 11 is 0. The summed E-state index contributed by atoms with van der Waals surface area (Å²) in [5, 5.41) is 40.0. The lowest BCUT2D eigenvalue weighted by molar-refractivity contribution is -0.305. The zero-order valence-electron chi connectivity index (χ0n) is 34.2. The third kappa shape index (κ3) is 27.6. The van der Waals surface area contributed by atoms with E-state index in [0.717, 1.165) is 103 Å². The van der Waals surface area contributed by atoms with E-state index in [0.29, 0.717) is 12.8 Å². The Balaban J connectivity index is 2.36. The second-order valence-corrected chi connectivity index (χ2v) is 14.4. The molecular weight excluding hydrogens is 700 g/mol. The van der Waals surface area contributed by atoms with E-state index in [1.54, 1.807) is 0 Å². The molecule has 0 bridgehead atoms. The predicted molar refractivity (Wildman–Crippen MR) is 219 cm³/mol. The lowest BCUT2D eigenvalue weighted by Crippen LogP contribution is -2.59. The third-order valence-corrected chi connectivity index (χ3v) is 9.39. The lowest BCUT2D eigenvalue weighted by atomic mass is 9.99. The van der Waals surface area contributed by atoms with Gasteiger partial charge < -0.3 is 39.4 Å². The Hall–Kier alpha value is -2.60. The van der Waals surface area contributed by atoms with Crippen LogP contribution in [0.1, 0.15) is 155 Å². The van der Waals surface area contributed by atoms with Gasteiger partial charge >= 0.3 is 11.9 Å². The molecule has 1 heterocycles. The minimum absolute atomic E-state index is 0.209. The van der Waals surface area contributed by atoms with Crippen LogP contribution >= 0.6 is 0 Å². The molecule has 55 heavy (non-hydrogen) atoms. The van der Waals surface area contributed by atoms with Crippen molar-refractivity contribution in [3.63, 3.8) is 0 Å². The van der Waals surface area contributed by atoms with Crippen LogP contribution in [-0.4, -0.2) is 89.0 Å². The zero-order chi connectivity index (χ0) is 40.2. The highest BCUT2D eigenvalue weighted by atomic mass is 16.7. The van der Waals surface area contributed by atoms with Crippen LogP contribution in [0.25, 0.3) is 0 Å². The molecule has 10 heteroatoms. The number of carbonyl (C=O) groups excluding carboxylic acids is 2. The third-order valence-electron chi connectivity index (χ3n) is 9.39. The highest BCUT2D eigenvalue weighted by molar-refractivity contribution is 5.70. The molecule has 0 aromatic carbocycles. The fraction of sp³-hybridized carbons (Fsp3) is 0.733. The van der Waals surface area contributed by atoms with Crippen molar-refractivity contribution < 1.29 is 49.0 Å². The molecule has 1 rings (SSSR count). The molecule has 4 N–H and O–H groups in total.